The number of carbonyl (C=O) groups excluding carboxylic acids is 3. The Bertz CT molecular complexity index is 561. The van der Waals surface area contributed by atoms with Crippen molar-refractivity contribution in [2.75, 3.05) is 18.9 Å². The van der Waals surface area contributed by atoms with Crippen LogP contribution in [0.4, 0.5) is 5.69 Å². The van der Waals surface area contributed by atoms with Crippen molar-refractivity contribution in [1.82, 2.24) is 10.2 Å². The maximum absolute atomic E-state index is 12.6. The molecule has 0 aliphatic carbocycles. The summed E-state index contributed by atoms with van der Waals surface area (Å²) in [5, 5.41) is 5.70. The number of nitrogens with zero attached hydrogens (tertiary/aromatic N) is 1. The van der Waals surface area contributed by atoms with Gasteiger partial charge in [-0.3, -0.25) is 19.3 Å². The lowest BCUT2D eigenvalue weighted by molar-refractivity contribution is -0.125. The van der Waals surface area contributed by atoms with E-state index >= 15 is 0 Å². The van der Waals surface area contributed by atoms with Crippen LogP contribution in [0.2, 0.25) is 0 Å². The normalized spacial score (nSPS) is 17.8. The Labute approximate surface area is 123 Å². The fraction of sp³-hybridized carbons (Fsp3) is 0.400. The van der Waals surface area contributed by atoms with Gasteiger partial charge < -0.3 is 10.6 Å². The number of carbonyl (C=O) groups is 3. The molecule has 0 spiro atoms. The van der Waals surface area contributed by atoms with Crippen LogP contribution in [0.5, 0.6) is 0 Å². The summed E-state index contributed by atoms with van der Waals surface area (Å²) in [5.74, 6) is -0.376. The van der Waals surface area contributed by atoms with Gasteiger partial charge in [0.1, 0.15) is 0 Å². The van der Waals surface area contributed by atoms with Crippen LogP contribution >= 0.6 is 0 Å². The zero-order chi connectivity index (χ0) is 15.4. The minimum absolute atomic E-state index is 0.0436. The van der Waals surface area contributed by atoms with Gasteiger partial charge >= 0.3 is 0 Å². The smallest absolute Gasteiger partial charge is 0.260 e. The van der Waals surface area contributed by atoms with Gasteiger partial charge in [-0.15, -0.1) is 0 Å². The van der Waals surface area contributed by atoms with E-state index in [0.29, 0.717) is 31.4 Å². The Kier molecular flexibility index (Phi) is 4.57. The molecule has 0 aromatic heterocycles. The van der Waals surface area contributed by atoms with Crippen LogP contribution in [0.3, 0.4) is 0 Å². The number of piperidine rings is 1. The van der Waals surface area contributed by atoms with Gasteiger partial charge in [0.25, 0.3) is 5.91 Å². The SMILES string of the molecule is CNc1cccc(C(=O)N(C=O)C2CCC(=O)NC2)c1C. The fourth-order valence-corrected chi connectivity index (χ4v) is 2.53. The predicted molar refractivity (Wildman–Crippen MR) is 79.0 cm³/mol. The summed E-state index contributed by atoms with van der Waals surface area (Å²) < 4.78 is 0. The molecule has 1 aliphatic rings. The highest BCUT2D eigenvalue weighted by molar-refractivity contribution is 6.02. The van der Waals surface area contributed by atoms with Crippen LogP contribution in [-0.2, 0) is 9.59 Å². The molecule has 1 fully saturated rings. The van der Waals surface area contributed by atoms with Gasteiger partial charge in [-0.2, -0.15) is 0 Å². The highest BCUT2D eigenvalue weighted by Gasteiger charge is 2.29. The molecule has 21 heavy (non-hydrogen) atoms. The second-order valence-corrected chi connectivity index (χ2v) is 5.04. The van der Waals surface area contributed by atoms with Crippen molar-refractivity contribution >= 4 is 23.9 Å². The Morgan fingerprint density at radius 2 is 2.24 bits per heavy atom. The van der Waals surface area contributed by atoms with Crippen molar-refractivity contribution in [3.63, 3.8) is 0 Å². The Morgan fingerprint density at radius 1 is 1.48 bits per heavy atom. The number of hydrogen-bond acceptors (Lipinski definition) is 4. The van der Waals surface area contributed by atoms with Gasteiger partial charge in [0.05, 0.1) is 6.04 Å². The first-order chi connectivity index (χ1) is 10.1. The summed E-state index contributed by atoms with van der Waals surface area (Å²) in [6, 6.07) is 5.07. The van der Waals surface area contributed by atoms with E-state index in [0.717, 1.165) is 11.3 Å². The highest BCUT2D eigenvalue weighted by atomic mass is 16.2. The van der Waals surface area contributed by atoms with Crippen LogP contribution in [0.1, 0.15) is 28.8 Å². The van der Waals surface area contributed by atoms with Crippen molar-refractivity contribution in [1.29, 1.82) is 0 Å². The van der Waals surface area contributed by atoms with E-state index in [1.807, 2.05) is 13.0 Å². The van der Waals surface area contributed by atoms with E-state index in [2.05, 4.69) is 10.6 Å². The summed E-state index contributed by atoms with van der Waals surface area (Å²) >= 11 is 0. The van der Waals surface area contributed by atoms with Gasteiger partial charge in [0.2, 0.25) is 12.3 Å². The maximum atomic E-state index is 12.6. The average Bonchev–Trinajstić information content (AvgIpc) is 2.50. The average molecular weight is 289 g/mol. The van der Waals surface area contributed by atoms with Crippen molar-refractivity contribution < 1.29 is 14.4 Å². The summed E-state index contributed by atoms with van der Waals surface area (Å²) in [6.07, 6.45) is 1.38. The number of hydrogen-bond donors (Lipinski definition) is 2. The summed E-state index contributed by atoms with van der Waals surface area (Å²) in [4.78, 5) is 36.3. The van der Waals surface area contributed by atoms with Crippen LogP contribution in [0, 0.1) is 6.92 Å². The van der Waals surface area contributed by atoms with Crippen molar-refractivity contribution in [3.8, 4) is 0 Å². The molecule has 1 heterocycles. The third-order valence-corrected chi connectivity index (χ3v) is 3.81. The maximum Gasteiger partial charge on any atom is 0.260 e. The van der Waals surface area contributed by atoms with E-state index in [4.69, 9.17) is 0 Å². The molecular weight excluding hydrogens is 270 g/mol. The van der Waals surface area contributed by atoms with Crippen molar-refractivity contribution in [3.05, 3.63) is 29.3 Å². The first kappa shape index (κ1) is 15.0. The number of anilines is 1. The van der Waals surface area contributed by atoms with Gasteiger partial charge in [0.15, 0.2) is 0 Å². The van der Waals surface area contributed by atoms with E-state index in [1.54, 1.807) is 19.2 Å². The second kappa shape index (κ2) is 6.39. The number of amides is 3. The monoisotopic (exact) mass is 289 g/mol. The molecular formula is C15H19N3O3. The molecule has 0 radical (unpaired) electrons. The van der Waals surface area contributed by atoms with Gasteiger partial charge in [-0.1, -0.05) is 6.07 Å². The first-order valence-corrected chi connectivity index (χ1v) is 6.90. The van der Waals surface area contributed by atoms with Gasteiger partial charge in [-0.05, 0) is 31.0 Å². The third kappa shape index (κ3) is 3.04. The van der Waals surface area contributed by atoms with Crippen LogP contribution in [0.15, 0.2) is 18.2 Å². The fourth-order valence-electron chi connectivity index (χ4n) is 2.53. The number of nitrogens with one attached hydrogen (secondary N) is 2. The minimum Gasteiger partial charge on any atom is -0.388 e. The van der Waals surface area contributed by atoms with Crippen LogP contribution in [-0.4, -0.2) is 42.8 Å². The van der Waals surface area contributed by atoms with Gasteiger partial charge in [0, 0.05) is 31.3 Å². The lowest BCUT2D eigenvalue weighted by atomic mass is 10.0. The zero-order valence-electron chi connectivity index (χ0n) is 12.2. The van der Waals surface area contributed by atoms with E-state index in [9.17, 15) is 14.4 Å². The molecule has 1 saturated heterocycles. The summed E-state index contributed by atoms with van der Waals surface area (Å²) in [5.41, 5.74) is 2.14. The molecule has 1 aromatic carbocycles. The third-order valence-electron chi connectivity index (χ3n) is 3.81. The van der Waals surface area contributed by atoms with E-state index in [1.165, 1.54) is 4.90 Å². The number of rotatable bonds is 4. The summed E-state index contributed by atoms with van der Waals surface area (Å²) in [6.45, 7) is 2.15. The Balaban J connectivity index is 2.24. The predicted octanol–water partition coefficient (Wildman–Crippen LogP) is 0.914. The Hall–Kier alpha value is -2.37. The van der Waals surface area contributed by atoms with Crippen LogP contribution in [0.25, 0.3) is 0 Å². The molecule has 1 aliphatic heterocycles. The van der Waals surface area contributed by atoms with E-state index in [-0.39, 0.29) is 17.9 Å². The molecule has 112 valence electrons. The van der Waals surface area contributed by atoms with Crippen LogP contribution < -0.4 is 10.6 Å². The van der Waals surface area contributed by atoms with Crippen molar-refractivity contribution in [2.45, 2.75) is 25.8 Å². The zero-order valence-corrected chi connectivity index (χ0v) is 12.2. The molecule has 0 saturated carbocycles. The lowest BCUT2D eigenvalue weighted by Crippen LogP contribution is -2.49. The quantitative estimate of drug-likeness (QED) is 0.808. The highest BCUT2D eigenvalue weighted by Crippen LogP contribution is 2.21. The number of benzene rings is 1. The van der Waals surface area contributed by atoms with E-state index < -0.39 is 0 Å². The topological polar surface area (TPSA) is 78.5 Å². The lowest BCUT2D eigenvalue weighted by Gasteiger charge is -2.30. The second-order valence-electron chi connectivity index (χ2n) is 5.04. The molecule has 2 rings (SSSR count). The molecule has 1 aromatic rings. The van der Waals surface area contributed by atoms with Gasteiger partial charge in [-0.25, -0.2) is 0 Å². The molecule has 0 bridgehead atoms. The molecule has 3 amide bonds. The molecule has 6 heteroatoms. The molecule has 6 nitrogen and oxygen atoms in total. The van der Waals surface area contributed by atoms with Crippen molar-refractivity contribution in [2.24, 2.45) is 0 Å². The molecule has 1 unspecified atom stereocenters. The molecule has 1 atom stereocenters. The summed E-state index contributed by atoms with van der Waals surface area (Å²) in [7, 11) is 1.78. The Morgan fingerprint density at radius 3 is 2.81 bits per heavy atom. The minimum atomic E-state index is -0.333. The first-order valence-electron chi connectivity index (χ1n) is 6.90. The molecule has 2 N–H and O–H groups in total. The largest absolute Gasteiger partial charge is 0.388 e. The number of imide groups is 1. The standard InChI is InChI=1S/C15H19N3O3/c1-10-12(4-3-5-13(10)16-2)15(21)18(9-19)11-6-7-14(20)17-8-11/h3-5,9,11,16H,6-8H2,1-2H3,(H,17,20).